The van der Waals surface area contributed by atoms with Crippen molar-refractivity contribution in [3.63, 3.8) is 0 Å². The second-order valence-corrected chi connectivity index (χ2v) is 7.33. The highest BCUT2D eigenvalue weighted by atomic mass is 16.5. The first-order chi connectivity index (χ1) is 14.1. The summed E-state index contributed by atoms with van der Waals surface area (Å²) in [6.07, 6.45) is 3.26. The highest BCUT2D eigenvalue weighted by molar-refractivity contribution is 5.77. The lowest BCUT2D eigenvalue weighted by molar-refractivity contribution is -0.117. The molecule has 0 radical (unpaired) electrons. The Morgan fingerprint density at radius 2 is 1.93 bits per heavy atom. The van der Waals surface area contributed by atoms with Gasteiger partial charge in [0.15, 0.2) is 5.82 Å². The first-order valence-corrected chi connectivity index (χ1v) is 9.73. The number of ether oxygens (including phenoxy) is 1. The van der Waals surface area contributed by atoms with Crippen molar-refractivity contribution in [2.24, 2.45) is 5.73 Å². The van der Waals surface area contributed by atoms with Crippen LogP contribution in [0.25, 0.3) is 11.3 Å². The molecule has 0 saturated carbocycles. The predicted octanol–water partition coefficient (Wildman–Crippen LogP) is 3.72. The van der Waals surface area contributed by atoms with E-state index in [0.29, 0.717) is 0 Å². The number of aryl methyl sites for hydroxylation is 1. The van der Waals surface area contributed by atoms with Gasteiger partial charge in [-0.05, 0) is 61.1 Å². The molecule has 1 aliphatic carbocycles. The third-order valence-corrected chi connectivity index (χ3v) is 5.32. The van der Waals surface area contributed by atoms with Crippen molar-refractivity contribution >= 4 is 17.4 Å². The van der Waals surface area contributed by atoms with Crippen LogP contribution in [0.2, 0.25) is 0 Å². The number of amides is 1. The molecule has 1 aliphatic rings. The fraction of sp³-hybridized carbons (Fsp3) is 0.261. The van der Waals surface area contributed by atoms with E-state index in [4.69, 9.17) is 10.5 Å². The Bertz CT molecular complexity index is 1080. The van der Waals surface area contributed by atoms with Gasteiger partial charge in [-0.2, -0.15) is 0 Å². The van der Waals surface area contributed by atoms with Gasteiger partial charge < -0.3 is 15.8 Å². The van der Waals surface area contributed by atoms with Gasteiger partial charge in [0.2, 0.25) is 5.91 Å². The Morgan fingerprint density at radius 3 is 2.69 bits per heavy atom. The largest absolute Gasteiger partial charge is 0.496 e. The number of hydrogen-bond donors (Lipinski definition) is 2. The molecule has 6 nitrogen and oxygen atoms in total. The van der Waals surface area contributed by atoms with Crippen molar-refractivity contribution < 1.29 is 9.53 Å². The maximum Gasteiger partial charge on any atom is 0.221 e. The molecule has 0 atom stereocenters. The average Bonchev–Trinajstić information content (AvgIpc) is 3.20. The molecule has 0 spiro atoms. The van der Waals surface area contributed by atoms with Crippen LogP contribution in [0.15, 0.2) is 42.5 Å². The van der Waals surface area contributed by atoms with E-state index < -0.39 is 0 Å². The lowest BCUT2D eigenvalue weighted by Crippen LogP contribution is -2.13. The minimum Gasteiger partial charge on any atom is -0.496 e. The number of hydrogen-bond acceptors (Lipinski definition) is 5. The number of methoxy groups -OCH3 is 1. The molecular formula is C23H24N4O2. The highest BCUT2D eigenvalue weighted by Crippen LogP contribution is 2.38. The van der Waals surface area contributed by atoms with Crippen LogP contribution in [-0.2, 0) is 24.1 Å². The van der Waals surface area contributed by atoms with Crippen molar-refractivity contribution in [1.82, 2.24) is 10.2 Å². The van der Waals surface area contributed by atoms with E-state index >= 15 is 0 Å². The van der Waals surface area contributed by atoms with Gasteiger partial charge in [0, 0.05) is 16.8 Å². The highest BCUT2D eigenvalue weighted by Gasteiger charge is 2.23. The smallest absolute Gasteiger partial charge is 0.221 e. The Labute approximate surface area is 170 Å². The topological polar surface area (TPSA) is 90.1 Å². The fourth-order valence-electron chi connectivity index (χ4n) is 3.95. The van der Waals surface area contributed by atoms with Crippen LogP contribution in [0.5, 0.6) is 5.75 Å². The summed E-state index contributed by atoms with van der Waals surface area (Å²) < 4.78 is 5.52. The Hall–Kier alpha value is -3.41. The monoisotopic (exact) mass is 388 g/mol. The summed E-state index contributed by atoms with van der Waals surface area (Å²) in [5.41, 5.74) is 12.5. The number of nitrogens with zero attached hydrogens (tertiary/aromatic N) is 2. The average molecular weight is 388 g/mol. The number of benzene rings is 2. The molecule has 3 aromatic rings. The summed E-state index contributed by atoms with van der Waals surface area (Å²) in [5, 5.41) is 12.5. The first-order valence-electron chi connectivity index (χ1n) is 9.73. The summed E-state index contributed by atoms with van der Waals surface area (Å²) in [4.78, 5) is 11.2. The van der Waals surface area contributed by atoms with Gasteiger partial charge >= 0.3 is 0 Å². The molecule has 0 bridgehead atoms. The van der Waals surface area contributed by atoms with Crippen molar-refractivity contribution in [3.8, 4) is 17.0 Å². The number of aromatic nitrogens is 2. The zero-order valence-electron chi connectivity index (χ0n) is 16.7. The number of para-hydroxylation sites is 1. The number of nitrogens with two attached hydrogens (primary N) is 1. The standard InChI is InChI=1S/C23H24N4O2/c1-14-12-15(13-21(24)28)10-11-19(14)25-23-17-8-5-7-16(17)22(26-27-23)18-6-3-4-9-20(18)29-2/h3-4,6,9-12H,5,7-8,13H2,1-2H3,(H2,24,28)(H,25,27). The van der Waals surface area contributed by atoms with Crippen molar-refractivity contribution in [3.05, 3.63) is 64.7 Å². The van der Waals surface area contributed by atoms with E-state index in [1.54, 1.807) is 7.11 Å². The summed E-state index contributed by atoms with van der Waals surface area (Å²) in [6, 6.07) is 13.8. The molecule has 1 heterocycles. The molecule has 2 aromatic carbocycles. The van der Waals surface area contributed by atoms with Gasteiger partial charge in [0.1, 0.15) is 11.4 Å². The number of nitrogens with one attached hydrogen (secondary N) is 1. The summed E-state index contributed by atoms with van der Waals surface area (Å²) in [5.74, 6) is 1.26. The summed E-state index contributed by atoms with van der Waals surface area (Å²) in [6.45, 7) is 2.00. The molecule has 0 aliphatic heterocycles. The summed E-state index contributed by atoms with van der Waals surface area (Å²) in [7, 11) is 1.67. The van der Waals surface area contributed by atoms with Crippen molar-refractivity contribution in [1.29, 1.82) is 0 Å². The number of carbonyl (C=O) groups is 1. The first kappa shape index (κ1) is 18.9. The lowest BCUT2D eigenvalue weighted by Gasteiger charge is -2.15. The predicted molar refractivity (Wildman–Crippen MR) is 113 cm³/mol. The Kier molecular flexibility index (Phi) is 5.16. The van der Waals surface area contributed by atoms with Gasteiger partial charge in [-0.25, -0.2) is 0 Å². The molecule has 0 fully saturated rings. The van der Waals surface area contributed by atoms with Crippen LogP contribution in [0.1, 0.15) is 28.7 Å². The fourth-order valence-corrected chi connectivity index (χ4v) is 3.95. The van der Waals surface area contributed by atoms with Crippen LogP contribution in [0.3, 0.4) is 0 Å². The normalized spacial score (nSPS) is 12.5. The molecular weight excluding hydrogens is 364 g/mol. The molecule has 148 valence electrons. The minimum atomic E-state index is -0.333. The lowest BCUT2D eigenvalue weighted by atomic mass is 10.0. The molecule has 0 saturated heterocycles. The molecule has 4 rings (SSSR count). The van der Waals surface area contributed by atoms with Crippen molar-refractivity contribution in [2.45, 2.75) is 32.6 Å². The molecule has 1 amide bonds. The molecule has 1 aromatic heterocycles. The SMILES string of the molecule is COc1ccccc1-c1nnc(Nc2ccc(CC(N)=O)cc2C)c2c1CCC2. The molecule has 0 unspecified atom stereocenters. The molecule has 29 heavy (non-hydrogen) atoms. The number of anilines is 2. The summed E-state index contributed by atoms with van der Waals surface area (Å²) >= 11 is 0. The van der Waals surface area contributed by atoms with E-state index in [2.05, 4.69) is 15.5 Å². The van der Waals surface area contributed by atoms with Gasteiger partial charge in [0.05, 0.1) is 13.5 Å². The Morgan fingerprint density at radius 1 is 1.14 bits per heavy atom. The second-order valence-electron chi connectivity index (χ2n) is 7.33. The van der Waals surface area contributed by atoms with Crippen LogP contribution < -0.4 is 15.8 Å². The number of carbonyl (C=O) groups excluding carboxylic acids is 1. The zero-order chi connectivity index (χ0) is 20.4. The van der Waals surface area contributed by atoms with Gasteiger partial charge in [-0.1, -0.05) is 24.3 Å². The van der Waals surface area contributed by atoms with Gasteiger partial charge in [-0.15, -0.1) is 10.2 Å². The van der Waals surface area contributed by atoms with E-state index in [9.17, 15) is 4.79 Å². The number of primary amides is 1. The maximum absolute atomic E-state index is 11.2. The second kappa shape index (κ2) is 7.91. The van der Waals surface area contributed by atoms with E-state index in [0.717, 1.165) is 58.9 Å². The van der Waals surface area contributed by atoms with Crippen LogP contribution >= 0.6 is 0 Å². The quantitative estimate of drug-likeness (QED) is 0.672. The van der Waals surface area contributed by atoms with Crippen LogP contribution in [-0.4, -0.2) is 23.2 Å². The van der Waals surface area contributed by atoms with E-state index in [1.165, 1.54) is 11.1 Å². The van der Waals surface area contributed by atoms with Gasteiger partial charge in [0.25, 0.3) is 0 Å². The van der Waals surface area contributed by atoms with E-state index in [1.807, 2.05) is 49.4 Å². The minimum absolute atomic E-state index is 0.240. The maximum atomic E-state index is 11.2. The number of rotatable bonds is 6. The number of fused-ring (bicyclic) bond motifs is 1. The zero-order valence-corrected chi connectivity index (χ0v) is 16.7. The van der Waals surface area contributed by atoms with Crippen LogP contribution in [0, 0.1) is 6.92 Å². The third-order valence-electron chi connectivity index (χ3n) is 5.32. The third kappa shape index (κ3) is 3.78. The molecule has 3 N–H and O–H groups in total. The Balaban J connectivity index is 1.69. The van der Waals surface area contributed by atoms with E-state index in [-0.39, 0.29) is 12.3 Å². The van der Waals surface area contributed by atoms with Gasteiger partial charge in [-0.3, -0.25) is 4.79 Å². The van der Waals surface area contributed by atoms with Crippen molar-refractivity contribution in [2.75, 3.05) is 12.4 Å². The molecule has 6 heteroatoms. The van der Waals surface area contributed by atoms with Crippen LogP contribution in [0.4, 0.5) is 11.5 Å².